The summed E-state index contributed by atoms with van der Waals surface area (Å²) in [7, 11) is 0. The lowest BCUT2D eigenvalue weighted by molar-refractivity contribution is -0.114. The van der Waals surface area contributed by atoms with Gasteiger partial charge in [0.25, 0.3) is 5.91 Å². The summed E-state index contributed by atoms with van der Waals surface area (Å²) in [6.07, 6.45) is 4.51. The van der Waals surface area contributed by atoms with Crippen molar-refractivity contribution < 1.29 is 19.0 Å². The summed E-state index contributed by atoms with van der Waals surface area (Å²) < 4.78 is 17.6. The molecule has 2 aromatic rings. The molecule has 0 saturated heterocycles. The largest absolute Gasteiger partial charge is 0.490 e. The van der Waals surface area contributed by atoms with E-state index in [1.807, 2.05) is 39.0 Å². The summed E-state index contributed by atoms with van der Waals surface area (Å²) in [6.45, 7) is 9.25. The number of carbonyl (C=O) groups excluding carboxylic acids is 1. The van der Waals surface area contributed by atoms with Gasteiger partial charge in [0, 0.05) is 0 Å². The highest BCUT2D eigenvalue weighted by molar-refractivity contribution is 8.26. The fraction of sp³-hybridized carbons (Fsp3) is 0.357. The second kappa shape index (κ2) is 12.1. The number of hydrogen-bond acceptors (Lipinski definition) is 7. The van der Waals surface area contributed by atoms with Crippen molar-refractivity contribution in [2.75, 3.05) is 19.8 Å². The number of rotatable bonds is 11. The van der Waals surface area contributed by atoms with Crippen LogP contribution in [0.15, 0.2) is 52.1 Å². The van der Waals surface area contributed by atoms with Gasteiger partial charge in [-0.1, -0.05) is 31.5 Å². The number of aliphatic imine (C=N–C) groups is 1. The average molecular weight is 521 g/mol. The molecule has 194 valence electrons. The van der Waals surface area contributed by atoms with E-state index in [0.717, 1.165) is 41.2 Å². The molecular formula is C28H32N4O4S. The molecule has 2 aliphatic rings. The Balaban J connectivity index is 1.45. The van der Waals surface area contributed by atoms with Crippen LogP contribution in [0.3, 0.4) is 0 Å². The Morgan fingerprint density at radius 2 is 1.78 bits per heavy atom. The van der Waals surface area contributed by atoms with Crippen LogP contribution in [0.25, 0.3) is 6.08 Å². The Bertz CT molecular complexity index is 1280. The third-order valence-corrected chi connectivity index (χ3v) is 6.73. The molecule has 0 fully saturated rings. The van der Waals surface area contributed by atoms with Crippen molar-refractivity contribution in [2.45, 2.75) is 47.0 Å². The molecule has 37 heavy (non-hydrogen) atoms. The summed E-state index contributed by atoms with van der Waals surface area (Å²) in [5.41, 5.74) is 3.11. The van der Waals surface area contributed by atoms with Gasteiger partial charge < -0.3 is 14.2 Å². The first-order valence-corrected chi connectivity index (χ1v) is 13.3. The lowest BCUT2D eigenvalue weighted by Crippen LogP contribution is -2.35. The van der Waals surface area contributed by atoms with Crippen molar-refractivity contribution in [3.63, 3.8) is 0 Å². The van der Waals surface area contributed by atoms with Crippen molar-refractivity contribution in [2.24, 2.45) is 10.1 Å². The number of hydrogen-bond donors (Lipinski definition) is 1. The van der Waals surface area contributed by atoms with Crippen molar-refractivity contribution >= 4 is 39.8 Å². The van der Waals surface area contributed by atoms with Crippen LogP contribution in [0.1, 0.15) is 49.8 Å². The molecule has 9 heteroatoms. The monoisotopic (exact) mass is 520 g/mol. The maximum Gasteiger partial charge on any atom is 0.283 e. The number of hydrazone groups is 1. The smallest absolute Gasteiger partial charge is 0.283 e. The van der Waals surface area contributed by atoms with Crippen LogP contribution >= 0.6 is 11.8 Å². The lowest BCUT2D eigenvalue weighted by atomic mass is 10.1. The number of aryl methyl sites for hydroxylation is 2. The number of benzene rings is 2. The van der Waals surface area contributed by atoms with Crippen molar-refractivity contribution in [3.05, 3.63) is 58.7 Å². The number of amidine groups is 2. The minimum atomic E-state index is -0.447. The molecule has 1 N–H and O–H groups in total. The number of thioether (sulfide) groups is 1. The number of fused-ring (bicyclic) bond motifs is 1. The Kier molecular flexibility index (Phi) is 8.66. The number of carbonyl (C=O) groups is 1. The summed E-state index contributed by atoms with van der Waals surface area (Å²) in [5, 5.41) is 15.8. The van der Waals surface area contributed by atoms with Gasteiger partial charge in [-0.2, -0.15) is 15.1 Å². The minimum absolute atomic E-state index is 0.0240. The van der Waals surface area contributed by atoms with Crippen molar-refractivity contribution in [1.29, 1.82) is 5.41 Å². The number of ether oxygens (including phenoxy) is 3. The normalized spacial score (nSPS) is 16.0. The van der Waals surface area contributed by atoms with E-state index >= 15 is 0 Å². The SMILES string of the molecule is CCCCC1=NN2C(=N)/C(=C/c3ccc(OCCOc4cc(C)ccc4C)c(OCC)c3)C(=O)N=C2S1. The zero-order valence-corrected chi connectivity index (χ0v) is 22.5. The molecular weight excluding hydrogens is 488 g/mol. The van der Waals surface area contributed by atoms with Crippen LogP contribution < -0.4 is 14.2 Å². The fourth-order valence-electron chi connectivity index (χ4n) is 3.80. The fourth-order valence-corrected chi connectivity index (χ4v) is 4.72. The molecule has 2 aliphatic heterocycles. The van der Waals surface area contributed by atoms with E-state index in [1.54, 1.807) is 18.2 Å². The van der Waals surface area contributed by atoms with Gasteiger partial charge in [0.05, 0.1) is 12.2 Å². The topological polar surface area (TPSA) is 96.6 Å². The molecule has 2 heterocycles. The highest BCUT2D eigenvalue weighted by atomic mass is 32.2. The maximum absolute atomic E-state index is 12.7. The van der Waals surface area contributed by atoms with Gasteiger partial charge in [-0.25, -0.2) is 0 Å². The van der Waals surface area contributed by atoms with Gasteiger partial charge >= 0.3 is 0 Å². The molecule has 0 atom stereocenters. The first-order chi connectivity index (χ1) is 17.9. The molecule has 0 unspecified atom stereocenters. The summed E-state index contributed by atoms with van der Waals surface area (Å²) in [6, 6.07) is 11.5. The Morgan fingerprint density at radius 1 is 1.00 bits per heavy atom. The summed E-state index contributed by atoms with van der Waals surface area (Å²) in [4.78, 5) is 16.9. The summed E-state index contributed by atoms with van der Waals surface area (Å²) in [5.74, 6) is 1.56. The highest BCUT2D eigenvalue weighted by Crippen LogP contribution is 2.32. The van der Waals surface area contributed by atoms with Crippen molar-refractivity contribution in [3.8, 4) is 17.2 Å². The summed E-state index contributed by atoms with van der Waals surface area (Å²) >= 11 is 1.36. The first kappa shape index (κ1) is 26.5. The van der Waals surface area contributed by atoms with Crippen molar-refractivity contribution in [1.82, 2.24) is 5.01 Å². The van der Waals surface area contributed by atoms with Crippen LogP contribution in [0.4, 0.5) is 0 Å². The maximum atomic E-state index is 12.7. The third kappa shape index (κ3) is 6.40. The van der Waals surface area contributed by atoms with E-state index in [0.29, 0.717) is 42.1 Å². The molecule has 0 spiro atoms. The van der Waals surface area contributed by atoms with Crippen LogP contribution in [0, 0.1) is 19.3 Å². The zero-order chi connectivity index (χ0) is 26.4. The third-order valence-electron chi connectivity index (χ3n) is 5.76. The number of nitrogens with one attached hydrogen (secondary N) is 1. The molecule has 4 rings (SSSR count). The van der Waals surface area contributed by atoms with Gasteiger partial charge in [-0.05, 0) is 86.3 Å². The predicted octanol–water partition coefficient (Wildman–Crippen LogP) is 5.97. The number of unbranched alkanes of at least 4 members (excludes halogenated alkanes) is 1. The molecule has 0 radical (unpaired) electrons. The Hall–Kier alpha value is -3.59. The van der Waals surface area contributed by atoms with E-state index in [4.69, 9.17) is 19.6 Å². The van der Waals surface area contributed by atoms with Crippen LogP contribution in [-0.2, 0) is 4.79 Å². The average Bonchev–Trinajstić information content (AvgIpc) is 3.29. The molecule has 0 aliphatic carbocycles. The van der Waals surface area contributed by atoms with Gasteiger partial charge in [-0.15, -0.1) is 0 Å². The van der Waals surface area contributed by atoms with Gasteiger partial charge in [-0.3, -0.25) is 10.2 Å². The Morgan fingerprint density at radius 3 is 2.54 bits per heavy atom. The zero-order valence-electron chi connectivity index (χ0n) is 21.7. The van der Waals surface area contributed by atoms with Crippen LogP contribution in [-0.4, -0.2) is 46.8 Å². The number of amides is 1. The van der Waals surface area contributed by atoms with Gasteiger partial charge in [0.2, 0.25) is 5.17 Å². The standard InChI is InChI=1S/C28H32N4O4S/c1-5-7-8-25-31-32-26(29)21(27(33)30-28(32)37-25)16-20-11-12-22(24(17-20)34-6-2)35-13-14-36-23-15-18(3)9-10-19(23)4/h9-12,15-17,29H,5-8,13-14H2,1-4H3/b21-16-,29-26?. The van der Waals surface area contributed by atoms with Crippen LogP contribution in [0.2, 0.25) is 0 Å². The highest BCUT2D eigenvalue weighted by Gasteiger charge is 2.35. The molecule has 0 aromatic heterocycles. The quantitative estimate of drug-likeness (QED) is 0.290. The van der Waals surface area contributed by atoms with Gasteiger partial charge in [0.15, 0.2) is 17.3 Å². The number of nitrogens with zero attached hydrogens (tertiary/aromatic N) is 3. The minimum Gasteiger partial charge on any atom is -0.490 e. The Labute approximate surface area is 221 Å². The van der Waals surface area contributed by atoms with E-state index in [9.17, 15) is 4.79 Å². The molecule has 8 nitrogen and oxygen atoms in total. The first-order valence-electron chi connectivity index (χ1n) is 12.5. The molecule has 1 amide bonds. The predicted molar refractivity (Wildman–Crippen MR) is 149 cm³/mol. The second-order valence-electron chi connectivity index (χ2n) is 8.72. The van der Waals surface area contributed by atoms with E-state index in [2.05, 4.69) is 23.1 Å². The van der Waals surface area contributed by atoms with Crippen LogP contribution in [0.5, 0.6) is 17.2 Å². The molecule has 0 bridgehead atoms. The van der Waals surface area contributed by atoms with E-state index < -0.39 is 5.91 Å². The molecule has 2 aromatic carbocycles. The second-order valence-corrected chi connectivity index (χ2v) is 9.76. The van der Waals surface area contributed by atoms with Gasteiger partial charge in [0.1, 0.15) is 24.0 Å². The molecule has 0 saturated carbocycles. The van der Waals surface area contributed by atoms with E-state index in [-0.39, 0.29) is 11.4 Å². The van der Waals surface area contributed by atoms with E-state index in [1.165, 1.54) is 16.8 Å². The lowest BCUT2D eigenvalue weighted by Gasteiger charge is -2.20.